The molecule has 0 unspecified atom stereocenters. The van der Waals surface area contributed by atoms with Crippen LogP contribution in [-0.4, -0.2) is 25.6 Å². The van der Waals surface area contributed by atoms with Crippen molar-refractivity contribution in [3.8, 4) is 0 Å². The lowest BCUT2D eigenvalue weighted by Crippen LogP contribution is -2.14. The topological polar surface area (TPSA) is 102 Å². The molecule has 0 radical (unpaired) electrons. The predicted molar refractivity (Wildman–Crippen MR) is 81.2 cm³/mol. The third-order valence-corrected chi connectivity index (χ3v) is 3.91. The maximum Gasteiger partial charge on any atom is 0.256 e. The first-order valence-electron chi connectivity index (χ1n) is 5.79. The normalized spacial score (nSPS) is 11.1. The number of benzene rings is 1. The van der Waals surface area contributed by atoms with Crippen molar-refractivity contribution in [3.63, 3.8) is 0 Å². The van der Waals surface area contributed by atoms with Gasteiger partial charge in [-0.05, 0) is 30.3 Å². The van der Waals surface area contributed by atoms with Crippen LogP contribution in [0.25, 0.3) is 0 Å². The Morgan fingerprint density at radius 1 is 1.29 bits per heavy atom. The van der Waals surface area contributed by atoms with Gasteiger partial charge in [0.15, 0.2) is 9.84 Å². The van der Waals surface area contributed by atoms with Gasteiger partial charge in [-0.1, -0.05) is 11.6 Å². The quantitative estimate of drug-likeness (QED) is 0.840. The van der Waals surface area contributed by atoms with Crippen LogP contribution in [0.4, 0.5) is 11.5 Å². The summed E-state index contributed by atoms with van der Waals surface area (Å²) in [6.07, 6.45) is 2.49. The third kappa shape index (κ3) is 3.93. The zero-order chi connectivity index (χ0) is 15.6. The van der Waals surface area contributed by atoms with E-state index in [1.807, 2.05) is 0 Å². The van der Waals surface area contributed by atoms with Gasteiger partial charge in [0.2, 0.25) is 0 Å². The van der Waals surface area contributed by atoms with Crippen LogP contribution in [0, 0.1) is 0 Å². The molecule has 0 saturated carbocycles. The van der Waals surface area contributed by atoms with E-state index in [-0.39, 0.29) is 22.0 Å². The van der Waals surface area contributed by atoms with Gasteiger partial charge in [-0.25, -0.2) is 13.4 Å². The minimum absolute atomic E-state index is 0.0216. The number of anilines is 2. The fraction of sp³-hybridized carbons (Fsp3) is 0.0769. The molecule has 0 aliphatic rings. The lowest BCUT2D eigenvalue weighted by atomic mass is 10.2. The second-order valence-electron chi connectivity index (χ2n) is 4.38. The molecule has 1 aromatic carbocycles. The number of hydrogen-bond acceptors (Lipinski definition) is 5. The van der Waals surface area contributed by atoms with E-state index in [0.717, 1.165) is 6.26 Å². The summed E-state index contributed by atoms with van der Waals surface area (Å²) in [4.78, 5) is 16.0. The van der Waals surface area contributed by atoms with E-state index >= 15 is 0 Å². The van der Waals surface area contributed by atoms with Crippen LogP contribution < -0.4 is 11.1 Å². The number of aromatic nitrogens is 1. The van der Waals surface area contributed by atoms with Crippen molar-refractivity contribution in [1.29, 1.82) is 0 Å². The van der Waals surface area contributed by atoms with Gasteiger partial charge in [-0.2, -0.15) is 0 Å². The standard InChI is InChI=1S/C13H12ClN3O3S/c1-21(19,20)11-5-8(4-10(15)7-11)13(18)17-12-6-9(14)2-3-16-12/h2-7H,15H2,1H3,(H,16,17,18). The minimum atomic E-state index is -3.46. The Balaban J connectivity index is 2.33. The first kappa shape index (κ1) is 15.3. The number of nitrogens with two attached hydrogens (primary N) is 1. The Labute approximate surface area is 126 Å². The average molecular weight is 326 g/mol. The number of nitrogen functional groups attached to an aromatic ring is 1. The molecule has 0 saturated heterocycles. The van der Waals surface area contributed by atoms with Crippen LogP contribution in [0.3, 0.4) is 0 Å². The molecule has 3 N–H and O–H groups in total. The number of rotatable bonds is 3. The summed E-state index contributed by atoms with van der Waals surface area (Å²) < 4.78 is 23.1. The first-order valence-corrected chi connectivity index (χ1v) is 8.06. The molecule has 110 valence electrons. The summed E-state index contributed by atoms with van der Waals surface area (Å²) in [6.45, 7) is 0. The van der Waals surface area contributed by atoms with Gasteiger partial charge < -0.3 is 11.1 Å². The van der Waals surface area contributed by atoms with Crippen molar-refractivity contribution in [1.82, 2.24) is 4.98 Å². The molecule has 1 amide bonds. The number of amides is 1. The number of carbonyl (C=O) groups excluding carboxylic acids is 1. The highest BCUT2D eigenvalue weighted by atomic mass is 35.5. The highest BCUT2D eigenvalue weighted by molar-refractivity contribution is 7.90. The van der Waals surface area contributed by atoms with E-state index in [0.29, 0.717) is 5.02 Å². The van der Waals surface area contributed by atoms with Crippen molar-refractivity contribution in [2.24, 2.45) is 0 Å². The summed E-state index contributed by atoms with van der Waals surface area (Å²) in [5, 5.41) is 2.94. The summed E-state index contributed by atoms with van der Waals surface area (Å²) in [6, 6.07) is 6.98. The zero-order valence-corrected chi connectivity index (χ0v) is 12.6. The van der Waals surface area contributed by atoms with Crippen LogP contribution in [0.2, 0.25) is 5.02 Å². The number of nitrogens with zero attached hydrogens (tertiary/aromatic N) is 1. The molecule has 0 bridgehead atoms. The molecule has 2 aromatic rings. The molecule has 2 rings (SSSR count). The average Bonchev–Trinajstić information content (AvgIpc) is 2.37. The highest BCUT2D eigenvalue weighted by Crippen LogP contribution is 2.18. The summed E-state index contributed by atoms with van der Waals surface area (Å²) >= 11 is 5.79. The van der Waals surface area contributed by atoms with Crippen molar-refractivity contribution in [2.45, 2.75) is 4.90 Å². The van der Waals surface area contributed by atoms with E-state index in [1.165, 1.54) is 30.5 Å². The van der Waals surface area contributed by atoms with Gasteiger partial charge in [-0.15, -0.1) is 0 Å². The number of pyridine rings is 1. The van der Waals surface area contributed by atoms with Gasteiger partial charge in [0.1, 0.15) is 5.82 Å². The third-order valence-electron chi connectivity index (χ3n) is 2.58. The number of carbonyl (C=O) groups is 1. The molecule has 0 spiro atoms. The number of sulfone groups is 1. The Morgan fingerprint density at radius 2 is 2.00 bits per heavy atom. The Morgan fingerprint density at radius 3 is 2.62 bits per heavy atom. The minimum Gasteiger partial charge on any atom is -0.399 e. The van der Waals surface area contributed by atoms with Gasteiger partial charge >= 0.3 is 0 Å². The van der Waals surface area contributed by atoms with Crippen molar-refractivity contribution < 1.29 is 13.2 Å². The summed E-state index contributed by atoms with van der Waals surface area (Å²) in [5.41, 5.74) is 5.94. The number of halogens is 1. The second kappa shape index (κ2) is 5.71. The van der Waals surface area contributed by atoms with E-state index in [9.17, 15) is 13.2 Å². The van der Waals surface area contributed by atoms with Crippen molar-refractivity contribution in [3.05, 3.63) is 47.1 Å². The zero-order valence-electron chi connectivity index (χ0n) is 11.0. The second-order valence-corrected chi connectivity index (χ2v) is 6.83. The predicted octanol–water partition coefficient (Wildman–Crippen LogP) is 1.97. The van der Waals surface area contributed by atoms with E-state index in [2.05, 4.69) is 10.3 Å². The van der Waals surface area contributed by atoms with Crippen LogP contribution in [-0.2, 0) is 9.84 Å². The Hall–Kier alpha value is -2.12. The smallest absolute Gasteiger partial charge is 0.256 e. The molecular formula is C13H12ClN3O3S. The van der Waals surface area contributed by atoms with Gasteiger partial charge in [0.25, 0.3) is 5.91 Å². The molecule has 1 aromatic heterocycles. The molecule has 6 nitrogen and oxygen atoms in total. The molecule has 0 aliphatic carbocycles. The Bertz CT molecular complexity index is 806. The molecule has 0 aliphatic heterocycles. The van der Waals surface area contributed by atoms with Crippen LogP contribution >= 0.6 is 11.6 Å². The lowest BCUT2D eigenvalue weighted by Gasteiger charge is -2.07. The number of hydrogen-bond donors (Lipinski definition) is 2. The number of nitrogens with one attached hydrogen (secondary N) is 1. The SMILES string of the molecule is CS(=O)(=O)c1cc(N)cc(C(=O)Nc2cc(Cl)ccn2)c1. The molecule has 8 heteroatoms. The molecular weight excluding hydrogens is 314 g/mol. The summed E-state index contributed by atoms with van der Waals surface area (Å²) in [5.74, 6) is -0.266. The largest absolute Gasteiger partial charge is 0.399 e. The van der Waals surface area contributed by atoms with Crippen molar-refractivity contribution >= 4 is 38.9 Å². The molecule has 0 atom stereocenters. The maximum absolute atomic E-state index is 12.1. The Kier molecular flexibility index (Phi) is 4.15. The summed E-state index contributed by atoms with van der Waals surface area (Å²) in [7, 11) is -3.46. The maximum atomic E-state index is 12.1. The lowest BCUT2D eigenvalue weighted by molar-refractivity contribution is 0.102. The molecule has 0 fully saturated rings. The van der Waals surface area contributed by atoms with Crippen LogP contribution in [0.1, 0.15) is 10.4 Å². The van der Waals surface area contributed by atoms with E-state index in [1.54, 1.807) is 6.07 Å². The molecule has 21 heavy (non-hydrogen) atoms. The fourth-order valence-electron chi connectivity index (χ4n) is 1.63. The first-order chi connectivity index (χ1) is 9.75. The van der Waals surface area contributed by atoms with Gasteiger partial charge in [0.05, 0.1) is 4.90 Å². The monoisotopic (exact) mass is 325 g/mol. The fourth-order valence-corrected chi connectivity index (χ4v) is 2.48. The van der Waals surface area contributed by atoms with Crippen LogP contribution in [0.15, 0.2) is 41.4 Å². The van der Waals surface area contributed by atoms with E-state index in [4.69, 9.17) is 17.3 Å². The van der Waals surface area contributed by atoms with Crippen molar-refractivity contribution in [2.75, 3.05) is 17.3 Å². The highest BCUT2D eigenvalue weighted by Gasteiger charge is 2.14. The van der Waals surface area contributed by atoms with Gasteiger partial charge in [0, 0.05) is 28.7 Å². The van der Waals surface area contributed by atoms with Gasteiger partial charge in [-0.3, -0.25) is 4.79 Å². The van der Waals surface area contributed by atoms with E-state index < -0.39 is 15.7 Å². The van der Waals surface area contributed by atoms with Crippen LogP contribution in [0.5, 0.6) is 0 Å². The molecule has 1 heterocycles.